The average molecular weight is 243 g/mol. The molecule has 1 spiro atoms. The van der Waals surface area contributed by atoms with E-state index in [-0.39, 0.29) is 5.54 Å². The van der Waals surface area contributed by atoms with Crippen molar-refractivity contribution < 1.29 is 4.74 Å². The van der Waals surface area contributed by atoms with Crippen LogP contribution in [-0.2, 0) is 4.74 Å². The molecule has 3 rings (SSSR count). The van der Waals surface area contributed by atoms with Gasteiger partial charge in [-0.05, 0) is 37.8 Å². The Morgan fingerprint density at radius 1 is 1.28 bits per heavy atom. The molecule has 0 atom stereocenters. The molecule has 2 fully saturated rings. The van der Waals surface area contributed by atoms with Crippen molar-refractivity contribution in [3.8, 4) is 6.07 Å². The summed E-state index contributed by atoms with van der Waals surface area (Å²) in [5.41, 5.74) is 0.873. The van der Waals surface area contributed by atoms with E-state index in [1.54, 1.807) is 6.20 Å². The van der Waals surface area contributed by atoms with Crippen LogP contribution in [0.4, 0.5) is 5.82 Å². The van der Waals surface area contributed by atoms with Crippen molar-refractivity contribution >= 4 is 5.82 Å². The molecule has 0 amide bonds. The highest BCUT2D eigenvalue weighted by atomic mass is 16.5. The number of ether oxygens (including phenoxy) is 1. The second kappa shape index (κ2) is 4.58. The van der Waals surface area contributed by atoms with Crippen LogP contribution in [0.3, 0.4) is 0 Å². The van der Waals surface area contributed by atoms with Gasteiger partial charge in [0, 0.05) is 31.5 Å². The number of anilines is 1. The summed E-state index contributed by atoms with van der Waals surface area (Å²) in [5, 5.41) is 8.82. The van der Waals surface area contributed by atoms with Gasteiger partial charge in [-0.1, -0.05) is 0 Å². The van der Waals surface area contributed by atoms with Gasteiger partial charge < -0.3 is 9.64 Å². The zero-order valence-corrected chi connectivity index (χ0v) is 10.4. The van der Waals surface area contributed by atoms with Gasteiger partial charge in [0.05, 0.1) is 5.56 Å². The van der Waals surface area contributed by atoms with Gasteiger partial charge in [0.15, 0.2) is 0 Å². The summed E-state index contributed by atoms with van der Waals surface area (Å²) in [6.07, 6.45) is 6.31. The lowest BCUT2D eigenvalue weighted by molar-refractivity contribution is 0.0543. The molecule has 2 aliphatic rings. The Hall–Kier alpha value is -1.60. The second-order valence-electron chi connectivity index (χ2n) is 5.11. The Labute approximate surface area is 107 Å². The Balaban J connectivity index is 1.87. The normalized spacial score (nSPS) is 22.1. The van der Waals surface area contributed by atoms with Gasteiger partial charge in [-0.3, -0.25) is 0 Å². The molecule has 94 valence electrons. The van der Waals surface area contributed by atoms with Gasteiger partial charge in [0.25, 0.3) is 0 Å². The van der Waals surface area contributed by atoms with Crippen molar-refractivity contribution in [2.45, 2.75) is 31.2 Å². The topological polar surface area (TPSA) is 49.2 Å². The number of nitrogens with zero attached hydrogens (tertiary/aromatic N) is 3. The summed E-state index contributed by atoms with van der Waals surface area (Å²) < 4.78 is 5.49. The van der Waals surface area contributed by atoms with Gasteiger partial charge >= 0.3 is 0 Å². The molecule has 4 nitrogen and oxygen atoms in total. The van der Waals surface area contributed by atoms with E-state index in [1.807, 2.05) is 12.1 Å². The number of nitriles is 1. The molecule has 0 radical (unpaired) electrons. The first-order valence-corrected chi connectivity index (χ1v) is 6.56. The fourth-order valence-corrected chi connectivity index (χ4v) is 3.18. The van der Waals surface area contributed by atoms with Crippen LogP contribution in [0.5, 0.6) is 0 Å². The Bertz CT molecular complexity index is 457. The predicted octanol–water partition coefficient (Wildman–Crippen LogP) is 2.10. The molecular formula is C14H17N3O. The maximum Gasteiger partial charge on any atom is 0.129 e. The van der Waals surface area contributed by atoms with E-state index in [4.69, 9.17) is 10.00 Å². The van der Waals surface area contributed by atoms with Crippen LogP contribution >= 0.6 is 0 Å². The highest BCUT2D eigenvalue weighted by molar-refractivity contribution is 5.46. The van der Waals surface area contributed by atoms with E-state index in [9.17, 15) is 0 Å². The summed E-state index contributed by atoms with van der Waals surface area (Å²) in [6.45, 7) is 2.78. The molecule has 0 aliphatic carbocycles. The quantitative estimate of drug-likeness (QED) is 0.758. The zero-order chi connectivity index (χ0) is 12.4. The van der Waals surface area contributed by atoms with Crippen LogP contribution in [0.2, 0.25) is 0 Å². The van der Waals surface area contributed by atoms with Crippen LogP contribution < -0.4 is 4.90 Å². The highest BCUT2D eigenvalue weighted by Gasteiger charge is 2.42. The van der Waals surface area contributed by atoms with Gasteiger partial charge in [0.1, 0.15) is 11.9 Å². The third kappa shape index (κ3) is 1.85. The van der Waals surface area contributed by atoms with Crippen molar-refractivity contribution in [1.82, 2.24) is 4.98 Å². The minimum Gasteiger partial charge on any atom is -0.381 e. The van der Waals surface area contributed by atoms with Gasteiger partial charge in [-0.25, -0.2) is 4.98 Å². The molecule has 1 aromatic rings. The second-order valence-corrected chi connectivity index (χ2v) is 5.11. The largest absolute Gasteiger partial charge is 0.381 e. The molecule has 18 heavy (non-hydrogen) atoms. The molecule has 0 saturated carbocycles. The summed E-state index contributed by atoms with van der Waals surface area (Å²) in [6, 6.07) is 5.94. The lowest BCUT2D eigenvalue weighted by Gasteiger charge is -2.42. The van der Waals surface area contributed by atoms with E-state index in [0.29, 0.717) is 5.56 Å². The van der Waals surface area contributed by atoms with Crippen molar-refractivity contribution in [2.24, 2.45) is 0 Å². The summed E-state index contributed by atoms with van der Waals surface area (Å²) in [5.74, 6) is 1.01. The Kier molecular flexibility index (Phi) is 2.92. The Morgan fingerprint density at radius 3 is 2.78 bits per heavy atom. The van der Waals surface area contributed by atoms with Crippen LogP contribution in [0.1, 0.15) is 31.2 Å². The number of rotatable bonds is 1. The Morgan fingerprint density at radius 2 is 2.11 bits per heavy atom. The molecule has 2 aliphatic heterocycles. The molecule has 3 heterocycles. The van der Waals surface area contributed by atoms with Gasteiger partial charge in [0.2, 0.25) is 0 Å². The SMILES string of the molecule is N#Cc1ccc(N2CCCC23CCOCC3)nc1. The molecule has 0 aromatic carbocycles. The standard InChI is InChI=1S/C14H17N3O/c15-10-12-2-3-13(16-11-12)17-7-1-4-14(17)5-8-18-9-6-14/h2-3,11H,1,4-9H2. The van der Waals surface area contributed by atoms with Crippen molar-refractivity contribution in [3.63, 3.8) is 0 Å². The van der Waals surface area contributed by atoms with E-state index < -0.39 is 0 Å². The first-order valence-electron chi connectivity index (χ1n) is 6.56. The lowest BCUT2D eigenvalue weighted by atomic mass is 9.87. The smallest absolute Gasteiger partial charge is 0.129 e. The van der Waals surface area contributed by atoms with Crippen LogP contribution in [-0.4, -0.2) is 30.3 Å². The lowest BCUT2D eigenvalue weighted by Crippen LogP contribution is -2.48. The van der Waals surface area contributed by atoms with Crippen LogP contribution in [0, 0.1) is 11.3 Å². The summed E-state index contributed by atoms with van der Waals surface area (Å²) in [4.78, 5) is 6.87. The molecular weight excluding hydrogens is 226 g/mol. The minimum atomic E-state index is 0.249. The average Bonchev–Trinajstić information content (AvgIpc) is 2.83. The van der Waals surface area contributed by atoms with Crippen LogP contribution in [0.25, 0.3) is 0 Å². The van der Waals surface area contributed by atoms with Gasteiger partial charge in [-0.15, -0.1) is 0 Å². The van der Waals surface area contributed by atoms with Crippen molar-refractivity contribution in [1.29, 1.82) is 5.26 Å². The fourth-order valence-electron chi connectivity index (χ4n) is 3.18. The minimum absolute atomic E-state index is 0.249. The number of aromatic nitrogens is 1. The number of hydrogen-bond acceptors (Lipinski definition) is 4. The first-order chi connectivity index (χ1) is 8.84. The number of pyridine rings is 1. The summed E-state index contributed by atoms with van der Waals surface area (Å²) in [7, 11) is 0. The molecule has 0 unspecified atom stereocenters. The molecule has 1 aromatic heterocycles. The maximum absolute atomic E-state index is 8.82. The maximum atomic E-state index is 8.82. The van der Waals surface area contributed by atoms with E-state index >= 15 is 0 Å². The third-order valence-electron chi connectivity index (χ3n) is 4.17. The van der Waals surface area contributed by atoms with E-state index in [2.05, 4.69) is 16.0 Å². The fraction of sp³-hybridized carbons (Fsp3) is 0.571. The first kappa shape index (κ1) is 11.5. The van der Waals surface area contributed by atoms with Crippen molar-refractivity contribution in [3.05, 3.63) is 23.9 Å². The zero-order valence-electron chi connectivity index (χ0n) is 10.4. The van der Waals surface area contributed by atoms with Crippen molar-refractivity contribution in [2.75, 3.05) is 24.7 Å². The molecule has 4 heteroatoms. The van der Waals surface area contributed by atoms with Crippen LogP contribution in [0.15, 0.2) is 18.3 Å². The highest BCUT2D eigenvalue weighted by Crippen LogP contribution is 2.40. The molecule has 2 saturated heterocycles. The number of hydrogen-bond donors (Lipinski definition) is 0. The monoisotopic (exact) mass is 243 g/mol. The van der Waals surface area contributed by atoms with E-state index in [1.165, 1.54) is 12.8 Å². The summed E-state index contributed by atoms with van der Waals surface area (Å²) >= 11 is 0. The molecule has 0 N–H and O–H groups in total. The predicted molar refractivity (Wildman–Crippen MR) is 68.3 cm³/mol. The third-order valence-corrected chi connectivity index (χ3v) is 4.17. The van der Waals surface area contributed by atoms with E-state index in [0.717, 1.165) is 38.4 Å². The molecule has 0 bridgehead atoms. The van der Waals surface area contributed by atoms with Gasteiger partial charge in [-0.2, -0.15) is 5.26 Å².